The van der Waals surface area contributed by atoms with Gasteiger partial charge in [0.2, 0.25) is 0 Å². The summed E-state index contributed by atoms with van der Waals surface area (Å²) in [6.45, 7) is 2.96. The van der Waals surface area contributed by atoms with E-state index in [1.807, 2.05) is 0 Å². The van der Waals surface area contributed by atoms with Crippen LogP contribution < -0.4 is 0 Å². The zero-order valence-electron chi connectivity index (χ0n) is 9.33. The summed E-state index contributed by atoms with van der Waals surface area (Å²) in [5.74, 6) is -4.26. The van der Waals surface area contributed by atoms with E-state index in [4.69, 9.17) is 15.3 Å². The van der Waals surface area contributed by atoms with Crippen molar-refractivity contribution < 1.29 is 29.7 Å². The summed E-state index contributed by atoms with van der Waals surface area (Å²) in [5, 5.41) is 25.0. The Morgan fingerprint density at radius 1 is 0.941 bits per heavy atom. The van der Waals surface area contributed by atoms with Crippen molar-refractivity contribution in [1.82, 2.24) is 0 Å². The Hall–Kier alpha value is -1.85. The van der Waals surface area contributed by atoms with E-state index in [1.165, 1.54) is 0 Å². The minimum atomic E-state index is -0.981. The van der Waals surface area contributed by atoms with Crippen LogP contribution in [-0.4, -0.2) is 33.2 Å². The first-order valence-corrected chi connectivity index (χ1v) is 5.21. The monoisotopic (exact) mass is 244 g/mol. The summed E-state index contributed by atoms with van der Waals surface area (Å²) in [6, 6.07) is 0. The van der Waals surface area contributed by atoms with Gasteiger partial charge in [-0.3, -0.25) is 9.59 Å². The molecule has 2 atom stereocenters. The highest BCUT2D eigenvalue weighted by Crippen LogP contribution is 2.30. The fraction of sp³-hybridized carbons (Fsp3) is 0.545. The van der Waals surface area contributed by atoms with Crippen molar-refractivity contribution in [3.63, 3.8) is 0 Å². The molecule has 0 aliphatic heterocycles. The van der Waals surface area contributed by atoms with Crippen LogP contribution in [-0.2, 0) is 14.4 Å². The normalized spacial score (nSPS) is 22.8. The van der Waals surface area contributed by atoms with Crippen molar-refractivity contribution in [3.8, 4) is 0 Å². The molecule has 0 spiro atoms. The van der Waals surface area contributed by atoms with Crippen molar-refractivity contribution >= 4 is 17.9 Å². The van der Waals surface area contributed by atoms with E-state index in [9.17, 15) is 14.4 Å². The van der Waals surface area contributed by atoms with Crippen LogP contribution in [0.3, 0.4) is 0 Å². The van der Waals surface area contributed by atoms with Gasteiger partial charge in [-0.15, -0.1) is 0 Å². The standard InChI is InChI=1S/C8H12O4.C3H4O2/c9-7(10)5-3-1-2-4-6(5)8(11)12;1-2-3(4)5/h5-6H,1-4H2,(H,9,10)(H,11,12);2H,1H2,(H,4,5). The van der Waals surface area contributed by atoms with Crippen molar-refractivity contribution in [2.24, 2.45) is 11.8 Å². The number of aliphatic carboxylic acids is 3. The highest BCUT2D eigenvalue weighted by atomic mass is 16.4. The molecule has 17 heavy (non-hydrogen) atoms. The van der Waals surface area contributed by atoms with Crippen molar-refractivity contribution in [1.29, 1.82) is 0 Å². The van der Waals surface area contributed by atoms with E-state index < -0.39 is 29.7 Å². The molecule has 1 aliphatic carbocycles. The highest BCUT2D eigenvalue weighted by Gasteiger charge is 2.35. The third-order valence-electron chi connectivity index (χ3n) is 2.57. The minimum Gasteiger partial charge on any atom is -0.481 e. The summed E-state index contributed by atoms with van der Waals surface area (Å²) in [7, 11) is 0. The SMILES string of the molecule is C=CC(=O)O.O=C(O)C1CCCCC1C(=O)O. The molecule has 6 heteroatoms. The molecule has 3 N–H and O–H groups in total. The van der Waals surface area contributed by atoms with E-state index in [0.29, 0.717) is 12.8 Å². The van der Waals surface area contributed by atoms with E-state index in [-0.39, 0.29) is 0 Å². The number of carboxylic acid groups (broad SMARTS) is 3. The highest BCUT2D eigenvalue weighted by molar-refractivity contribution is 5.80. The quantitative estimate of drug-likeness (QED) is 0.643. The number of rotatable bonds is 3. The van der Waals surface area contributed by atoms with Crippen LogP contribution in [0, 0.1) is 11.8 Å². The summed E-state index contributed by atoms with van der Waals surface area (Å²) in [4.78, 5) is 30.5. The zero-order valence-corrected chi connectivity index (χ0v) is 9.33. The zero-order chi connectivity index (χ0) is 13.4. The number of carbonyl (C=O) groups is 3. The molecular weight excluding hydrogens is 228 g/mol. The first-order chi connectivity index (χ1) is 7.90. The molecule has 0 aromatic carbocycles. The Morgan fingerprint density at radius 2 is 1.24 bits per heavy atom. The first kappa shape index (κ1) is 15.2. The van der Waals surface area contributed by atoms with Gasteiger partial charge in [-0.1, -0.05) is 19.4 Å². The Bertz CT molecular complexity index is 287. The maximum absolute atomic E-state index is 10.6. The van der Waals surface area contributed by atoms with Gasteiger partial charge in [-0.2, -0.15) is 0 Å². The number of hydrogen-bond acceptors (Lipinski definition) is 3. The van der Waals surface area contributed by atoms with Crippen LogP contribution >= 0.6 is 0 Å². The summed E-state index contributed by atoms with van der Waals surface area (Å²) < 4.78 is 0. The lowest BCUT2D eigenvalue weighted by atomic mass is 9.79. The number of hydrogen-bond donors (Lipinski definition) is 3. The Kier molecular flexibility index (Phi) is 6.62. The van der Waals surface area contributed by atoms with E-state index in [0.717, 1.165) is 18.9 Å². The molecule has 0 bridgehead atoms. The van der Waals surface area contributed by atoms with Gasteiger partial charge in [0.05, 0.1) is 11.8 Å². The maximum atomic E-state index is 10.6. The smallest absolute Gasteiger partial charge is 0.327 e. The predicted octanol–water partition coefficient (Wildman–Crippen LogP) is 1.22. The third kappa shape index (κ3) is 5.70. The van der Waals surface area contributed by atoms with Gasteiger partial charge >= 0.3 is 17.9 Å². The van der Waals surface area contributed by atoms with E-state index in [2.05, 4.69) is 6.58 Å². The van der Waals surface area contributed by atoms with Crippen LogP contribution in [0.25, 0.3) is 0 Å². The molecule has 0 aromatic heterocycles. The lowest BCUT2D eigenvalue weighted by Crippen LogP contribution is -2.32. The summed E-state index contributed by atoms with van der Waals surface area (Å²) in [5.41, 5.74) is 0. The number of carboxylic acids is 3. The predicted molar refractivity (Wildman–Crippen MR) is 58.6 cm³/mol. The Morgan fingerprint density at radius 3 is 1.41 bits per heavy atom. The first-order valence-electron chi connectivity index (χ1n) is 5.21. The van der Waals surface area contributed by atoms with E-state index in [1.54, 1.807) is 0 Å². The minimum absolute atomic E-state index is 0.506. The van der Waals surface area contributed by atoms with Crippen molar-refractivity contribution in [3.05, 3.63) is 12.7 Å². The topological polar surface area (TPSA) is 112 Å². The van der Waals surface area contributed by atoms with Crippen molar-refractivity contribution in [2.75, 3.05) is 0 Å². The molecule has 0 heterocycles. The second-order valence-corrected chi connectivity index (χ2v) is 3.72. The molecule has 1 rings (SSSR count). The second kappa shape index (κ2) is 7.43. The largest absolute Gasteiger partial charge is 0.481 e. The van der Waals surface area contributed by atoms with Gasteiger partial charge in [0.15, 0.2) is 0 Å². The second-order valence-electron chi connectivity index (χ2n) is 3.72. The van der Waals surface area contributed by atoms with Crippen LogP contribution in [0.2, 0.25) is 0 Å². The molecule has 1 saturated carbocycles. The molecule has 1 aliphatic rings. The van der Waals surface area contributed by atoms with Crippen LogP contribution in [0.4, 0.5) is 0 Å². The van der Waals surface area contributed by atoms with Crippen molar-refractivity contribution in [2.45, 2.75) is 25.7 Å². The lowest BCUT2D eigenvalue weighted by Gasteiger charge is -2.24. The Balaban J connectivity index is 0.000000437. The van der Waals surface area contributed by atoms with Gasteiger partial charge < -0.3 is 15.3 Å². The molecule has 6 nitrogen and oxygen atoms in total. The van der Waals surface area contributed by atoms with Gasteiger partial charge in [0.1, 0.15) is 0 Å². The molecule has 0 amide bonds. The molecule has 0 saturated heterocycles. The Labute approximate surface area is 98.6 Å². The average molecular weight is 244 g/mol. The molecule has 2 unspecified atom stereocenters. The molecule has 1 fully saturated rings. The summed E-state index contributed by atoms with van der Waals surface area (Å²) in [6.07, 6.45) is 3.51. The van der Waals surface area contributed by atoms with Crippen LogP contribution in [0.1, 0.15) is 25.7 Å². The summed E-state index contributed by atoms with van der Waals surface area (Å²) >= 11 is 0. The molecule has 0 radical (unpaired) electrons. The van der Waals surface area contributed by atoms with Crippen LogP contribution in [0.15, 0.2) is 12.7 Å². The van der Waals surface area contributed by atoms with E-state index >= 15 is 0 Å². The molecular formula is C11H16O6. The molecule has 0 aromatic rings. The fourth-order valence-corrected chi connectivity index (χ4v) is 1.72. The van der Waals surface area contributed by atoms with Gasteiger partial charge in [-0.25, -0.2) is 4.79 Å². The maximum Gasteiger partial charge on any atom is 0.327 e. The third-order valence-corrected chi connectivity index (χ3v) is 2.57. The van der Waals surface area contributed by atoms with Gasteiger partial charge in [0.25, 0.3) is 0 Å². The fourth-order valence-electron chi connectivity index (χ4n) is 1.72. The average Bonchev–Trinajstić information content (AvgIpc) is 2.29. The van der Waals surface area contributed by atoms with Gasteiger partial charge in [0, 0.05) is 6.08 Å². The lowest BCUT2D eigenvalue weighted by molar-refractivity contribution is -0.155. The van der Waals surface area contributed by atoms with Crippen LogP contribution in [0.5, 0.6) is 0 Å². The van der Waals surface area contributed by atoms with Gasteiger partial charge in [-0.05, 0) is 12.8 Å². The molecule has 96 valence electrons.